The predicted octanol–water partition coefficient (Wildman–Crippen LogP) is 1.86. The number of halogens is 2. The van der Waals surface area contributed by atoms with Crippen LogP contribution in [0.3, 0.4) is 0 Å². The molecule has 1 aromatic carbocycles. The highest BCUT2D eigenvalue weighted by molar-refractivity contribution is 5.19. The highest BCUT2D eigenvalue weighted by Gasteiger charge is 2.37. The molecule has 0 amide bonds. The van der Waals surface area contributed by atoms with E-state index in [9.17, 15) is 13.9 Å². The number of rotatable bonds is 4. The molecule has 0 spiro atoms. The zero-order valence-corrected chi connectivity index (χ0v) is 12.2. The Morgan fingerprint density at radius 3 is 2.82 bits per heavy atom. The Kier molecular flexibility index (Phi) is 4.17. The van der Waals surface area contributed by atoms with Crippen molar-refractivity contribution in [3.05, 3.63) is 47.1 Å². The van der Waals surface area contributed by atoms with Crippen LogP contribution in [0.25, 0.3) is 0 Å². The molecular weight excluding hydrogens is 292 g/mol. The molecule has 2 atom stereocenters. The monoisotopic (exact) mass is 309 g/mol. The van der Waals surface area contributed by atoms with Crippen LogP contribution < -0.4 is 0 Å². The van der Waals surface area contributed by atoms with Crippen molar-refractivity contribution < 1.29 is 18.4 Å². The quantitative estimate of drug-likeness (QED) is 0.934. The Hall–Kier alpha value is -1.86. The van der Waals surface area contributed by atoms with Gasteiger partial charge in [-0.2, -0.15) is 4.98 Å². The maximum Gasteiger partial charge on any atom is 0.231 e. The zero-order valence-electron chi connectivity index (χ0n) is 12.2. The van der Waals surface area contributed by atoms with Gasteiger partial charge in [0.25, 0.3) is 0 Å². The van der Waals surface area contributed by atoms with Gasteiger partial charge in [-0.15, -0.1) is 0 Å². The van der Waals surface area contributed by atoms with E-state index in [-0.39, 0.29) is 18.4 Å². The van der Waals surface area contributed by atoms with Crippen molar-refractivity contribution in [2.24, 2.45) is 5.92 Å². The number of aryl methyl sites for hydroxylation is 1. The van der Waals surface area contributed by atoms with E-state index in [1.807, 2.05) is 4.90 Å². The second kappa shape index (κ2) is 6.10. The SMILES string of the molecule is Cc1noc([C@@H]2CN(Cc3ccc(F)cc3F)C[C@H]2CO)n1. The molecule has 7 heteroatoms. The number of hydrogen-bond acceptors (Lipinski definition) is 5. The second-order valence-electron chi connectivity index (χ2n) is 5.66. The van der Waals surface area contributed by atoms with Gasteiger partial charge in [0.2, 0.25) is 5.89 Å². The van der Waals surface area contributed by atoms with Gasteiger partial charge < -0.3 is 9.63 Å². The normalized spacial score (nSPS) is 22.4. The van der Waals surface area contributed by atoms with Crippen molar-refractivity contribution in [3.63, 3.8) is 0 Å². The Morgan fingerprint density at radius 2 is 2.18 bits per heavy atom. The fourth-order valence-corrected chi connectivity index (χ4v) is 2.91. The van der Waals surface area contributed by atoms with Crippen LogP contribution in [0.2, 0.25) is 0 Å². The molecule has 1 aliphatic heterocycles. The molecule has 1 N–H and O–H groups in total. The van der Waals surface area contributed by atoms with E-state index in [1.165, 1.54) is 12.1 Å². The first-order valence-electron chi connectivity index (χ1n) is 7.14. The summed E-state index contributed by atoms with van der Waals surface area (Å²) < 4.78 is 31.9. The van der Waals surface area contributed by atoms with Crippen molar-refractivity contribution in [3.8, 4) is 0 Å². The van der Waals surface area contributed by atoms with Gasteiger partial charge in [-0.25, -0.2) is 8.78 Å². The van der Waals surface area contributed by atoms with Gasteiger partial charge in [-0.1, -0.05) is 11.2 Å². The number of likely N-dealkylation sites (tertiary alicyclic amines) is 1. The minimum atomic E-state index is -0.588. The first-order valence-corrected chi connectivity index (χ1v) is 7.14. The fraction of sp³-hybridized carbons (Fsp3) is 0.467. The Morgan fingerprint density at radius 1 is 1.36 bits per heavy atom. The lowest BCUT2D eigenvalue weighted by Crippen LogP contribution is -2.21. The highest BCUT2D eigenvalue weighted by atomic mass is 19.1. The predicted molar refractivity (Wildman–Crippen MR) is 74.0 cm³/mol. The molecule has 1 fully saturated rings. The van der Waals surface area contributed by atoms with E-state index in [1.54, 1.807) is 6.92 Å². The number of nitrogens with zero attached hydrogens (tertiary/aromatic N) is 3. The lowest BCUT2D eigenvalue weighted by molar-refractivity contribution is 0.204. The maximum absolute atomic E-state index is 13.7. The van der Waals surface area contributed by atoms with Crippen molar-refractivity contribution >= 4 is 0 Å². The summed E-state index contributed by atoms with van der Waals surface area (Å²) in [4.78, 5) is 6.22. The highest BCUT2D eigenvalue weighted by Crippen LogP contribution is 2.32. The summed E-state index contributed by atoms with van der Waals surface area (Å²) in [6.07, 6.45) is 0. The van der Waals surface area contributed by atoms with Gasteiger partial charge >= 0.3 is 0 Å². The van der Waals surface area contributed by atoms with Crippen LogP contribution in [0, 0.1) is 24.5 Å². The molecule has 1 aromatic heterocycles. The van der Waals surface area contributed by atoms with Crippen LogP contribution in [0.15, 0.2) is 22.7 Å². The third kappa shape index (κ3) is 3.00. The molecule has 22 heavy (non-hydrogen) atoms. The van der Waals surface area contributed by atoms with Gasteiger partial charge in [-0.3, -0.25) is 4.90 Å². The molecule has 3 rings (SSSR count). The second-order valence-corrected chi connectivity index (χ2v) is 5.66. The molecular formula is C15H17F2N3O2. The van der Waals surface area contributed by atoms with Crippen LogP contribution >= 0.6 is 0 Å². The average molecular weight is 309 g/mol. The van der Waals surface area contributed by atoms with Gasteiger partial charge in [0.1, 0.15) is 11.6 Å². The first kappa shape index (κ1) is 15.1. The van der Waals surface area contributed by atoms with Crippen LogP contribution in [0.4, 0.5) is 8.78 Å². The van der Waals surface area contributed by atoms with Crippen LogP contribution in [-0.4, -0.2) is 39.8 Å². The summed E-state index contributed by atoms with van der Waals surface area (Å²) in [5, 5.41) is 13.3. The van der Waals surface area contributed by atoms with E-state index < -0.39 is 11.6 Å². The Balaban J connectivity index is 1.74. The third-order valence-electron chi connectivity index (χ3n) is 4.02. The molecule has 2 aromatic rings. The van der Waals surface area contributed by atoms with Gasteiger partial charge in [0.05, 0.1) is 5.92 Å². The van der Waals surface area contributed by atoms with Gasteiger partial charge in [0, 0.05) is 43.8 Å². The summed E-state index contributed by atoms with van der Waals surface area (Å²) in [5.41, 5.74) is 0.431. The van der Waals surface area contributed by atoms with E-state index in [2.05, 4.69) is 10.1 Å². The van der Waals surface area contributed by atoms with E-state index >= 15 is 0 Å². The van der Waals surface area contributed by atoms with Crippen molar-refractivity contribution in [2.45, 2.75) is 19.4 Å². The zero-order chi connectivity index (χ0) is 15.7. The third-order valence-corrected chi connectivity index (χ3v) is 4.02. The minimum absolute atomic E-state index is 0.00546. The number of aliphatic hydroxyl groups is 1. The lowest BCUT2D eigenvalue weighted by atomic mass is 9.97. The van der Waals surface area contributed by atoms with E-state index in [4.69, 9.17) is 4.52 Å². The van der Waals surface area contributed by atoms with Crippen LogP contribution in [0.5, 0.6) is 0 Å². The Labute approximate surface area is 126 Å². The molecule has 5 nitrogen and oxygen atoms in total. The number of benzene rings is 1. The minimum Gasteiger partial charge on any atom is -0.396 e. The average Bonchev–Trinajstić information content (AvgIpc) is 3.08. The van der Waals surface area contributed by atoms with E-state index in [0.29, 0.717) is 36.9 Å². The molecule has 0 saturated carbocycles. The molecule has 1 aliphatic rings. The number of aromatic nitrogens is 2. The molecule has 118 valence electrons. The molecule has 1 saturated heterocycles. The molecule has 2 heterocycles. The number of aliphatic hydroxyl groups excluding tert-OH is 1. The summed E-state index contributed by atoms with van der Waals surface area (Å²) in [7, 11) is 0. The molecule has 0 bridgehead atoms. The van der Waals surface area contributed by atoms with Crippen LogP contribution in [-0.2, 0) is 6.54 Å². The van der Waals surface area contributed by atoms with Gasteiger partial charge in [0.15, 0.2) is 5.82 Å². The van der Waals surface area contributed by atoms with Crippen molar-refractivity contribution in [1.29, 1.82) is 0 Å². The first-order chi connectivity index (χ1) is 10.6. The molecule has 0 unspecified atom stereocenters. The van der Waals surface area contributed by atoms with Gasteiger partial charge in [-0.05, 0) is 13.0 Å². The number of hydrogen-bond donors (Lipinski definition) is 1. The van der Waals surface area contributed by atoms with E-state index in [0.717, 1.165) is 6.07 Å². The van der Waals surface area contributed by atoms with Crippen LogP contribution in [0.1, 0.15) is 23.2 Å². The van der Waals surface area contributed by atoms with Crippen molar-refractivity contribution in [2.75, 3.05) is 19.7 Å². The molecule has 0 aliphatic carbocycles. The maximum atomic E-state index is 13.7. The fourth-order valence-electron chi connectivity index (χ4n) is 2.91. The summed E-state index contributed by atoms with van der Waals surface area (Å²) >= 11 is 0. The molecule has 0 radical (unpaired) electrons. The lowest BCUT2D eigenvalue weighted by Gasteiger charge is -2.15. The Bertz CT molecular complexity index is 662. The smallest absolute Gasteiger partial charge is 0.231 e. The topological polar surface area (TPSA) is 62.4 Å². The summed E-state index contributed by atoms with van der Waals surface area (Å²) in [6.45, 7) is 3.27. The summed E-state index contributed by atoms with van der Waals surface area (Å²) in [6, 6.07) is 3.58. The van der Waals surface area contributed by atoms with Crippen molar-refractivity contribution in [1.82, 2.24) is 15.0 Å². The standard InChI is InChI=1S/C15H17F2N3O2/c1-9-18-15(22-19-9)13-7-20(6-11(13)8-21)5-10-2-3-12(16)4-14(10)17/h2-4,11,13,21H,5-8H2,1H3/t11-,13+/m0/s1. The summed E-state index contributed by atoms with van der Waals surface area (Å²) in [5.74, 6) is -0.209. The largest absolute Gasteiger partial charge is 0.396 e.